The van der Waals surface area contributed by atoms with Gasteiger partial charge in [0, 0.05) is 29.5 Å². The molecule has 0 unspecified atom stereocenters. The van der Waals surface area contributed by atoms with Gasteiger partial charge in [-0.15, -0.1) is 0 Å². The molecule has 5 nitrogen and oxygen atoms in total. The van der Waals surface area contributed by atoms with Gasteiger partial charge in [0.2, 0.25) is 0 Å². The highest BCUT2D eigenvalue weighted by Crippen LogP contribution is 2.42. The largest absolute Gasteiger partial charge is 0.346 e. The molecule has 4 heterocycles. The Hall–Kier alpha value is -2.69. The fourth-order valence-corrected chi connectivity index (χ4v) is 5.00. The topological polar surface area (TPSA) is 70.2 Å². The Morgan fingerprint density at radius 1 is 0.812 bits per heavy atom. The lowest BCUT2D eigenvalue weighted by molar-refractivity contribution is 0.350. The van der Waals surface area contributed by atoms with Crippen LogP contribution in [0.15, 0.2) is 30.9 Å². The number of hydrogen-bond acceptors (Lipinski definition) is 3. The van der Waals surface area contributed by atoms with Gasteiger partial charge in [0.1, 0.15) is 11.2 Å². The molecule has 0 saturated heterocycles. The van der Waals surface area contributed by atoms with Gasteiger partial charge in [-0.1, -0.05) is 62.3 Å². The number of pyridine rings is 1. The van der Waals surface area contributed by atoms with E-state index < -0.39 is 0 Å². The molecule has 0 aromatic carbocycles. The fraction of sp³-hybridized carbons (Fsp3) is 0.519. The third-order valence-corrected chi connectivity index (χ3v) is 6.72. The molecular formula is C27H37N5. The molecule has 2 N–H and O–H groups in total. The molecule has 4 aromatic rings. The van der Waals surface area contributed by atoms with E-state index in [1.165, 1.54) is 22.1 Å². The van der Waals surface area contributed by atoms with E-state index in [9.17, 15) is 0 Å². The van der Waals surface area contributed by atoms with Crippen molar-refractivity contribution in [3.05, 3.63) is 53.2 Å². The summed E-state index contributed by atoms with van der Waals surface area (Å²) in [5, 5.41) is 1.22. The van der Waals surface area contributed by atoms with Crippen molar-refractivity contribution in [3.8, 4) is 0 Å². The van der Waals surface area contributed by atoms with Crippen LogP contribution in [-0.4, -0.2) is 24.9 Å². The Balaban J connectivity index is 1.72. The summed E-state index contributed by atoms with van der Waals surface area (Å²) >= 11 is 0. The maximum absolute atomic E-state index is 4.97. The molecule has 4 aromatic heterocycles. The monoisotopic (exact) mass is 431 g/mol. The van der Waals surface area contributed by atoms with Gasteiger partial charge in [-0.05, 0) is 45.8 Å². The molecule has 170 valence electrons. The molecule has 0 amide bonds. The Kier molecular flexibility index (Phi) is 5.22. The van der Waals surface area contributed by atoms with Crippen molar-refractivity contribution in [3.63, 3.8) is 0 Å². The van der Waals surface area contributed by atoms with Crippen LogP contribution in [0.1, 0.15) is 97.0 Å². The van der Waals surface area contributed by atoms with Gasteiger partial charge in [-0.3, -0.25) is 0 Å². The predicted octanol–water partition coefficient (Wildman–Crippen LogP) is 6.90. The molecule has 0 aliphatic rings. The predicted molar refractivity (Wildman–Crippen MR) is 133 cm³/mol. The average molecular weight is 432 g/mol. The van der Waals surface area contributed by atoms with Crippen LogP contribution in [0, 0.1) is 0 Å². The van der Waals surface area contributed by atoms with Gasteiger partial charge >= 0.3 is 0 Å². The van der Waals surface area contributed by atoms with Gasteiger partial charge in [0.25, 0.3) is 0 Å². The maximum atomic E-state index is 4.97. The number of aromatic amines is 2. The van der Waals surface area contributed by atoms with Crippen LogP contribution in [0.4, 0.5) is 0 Å². The summed E-state index contributed by atoms with van der Waals surface area (Å²) in [6.07, 6.45) is 9.08. The molecule has 0 bridgehead atoms. The Morgan fingerprint density at radius 2 is 1.44 bits per heavy atom. The molecule has 4 rings (SSSR count). The van der Waals surface area contributed by atoms with E-state index in [-0.39, 0.29) is 16.2 Å². The summed E-state index contributed by atoms with van der Waals surface area (Å²) in [5.74, 6) is 0.352. The molecule has 0 aliphatic carbocycles. The van der Waals surface area contributed by atoms with Crippen molar-refractivity contribution in [2.45, 2.75) is 90.9 Å². The number of nitrogens with one attached hydrogen (secondary N) is 2. The number of aromatic nitrogens is 5. The molecule has 32 heavy (non-hydrogen) atoms. The molecule has 0 radical (unpaired) electrons. The van der Waals surface area contributed by atoms with Crippen LogP contribution in [0.5, 0.6) is 0 Å². The SMILES string of the molecule is CC(C)c1cnc2[nH]cc(C(C)(C)CC(C)(C)c3cnc4[nH]cc(C(C)(C)C)c4c3)c2n1. The van der Waals surface area contributed by atoms with E-state index in [1.807, 2.05) is 12.4 Å². The van der Waals surface area contributed by atoms with Gasteiger partial charge in [-0.25, -0.2) is 15.0 Å². The summed E-state index contributed by atoms with van der Waals surface area (Å²) < 4.78 is 0. The zero-order valence-electron chi connectivity index (χ0n) is 21.0. The first-order chi connectivity index (χ1) is 14.8. The van der Waals surface area contributed by atoms with Crippen LogP contribution in [0.3, 0.4) is 0 Å². The highest BCUT2D eigenvalue weighted by molar-refractivity contribution is 5.81. The first kappa shape index (κ1) is 22.5. The third-order valence-electron chi connectivity index (χ3n) is 6.72. The van der Waals surface area contributed by atoms with Gasteiger partial charge < -0.3 is 9.97 Å². The molecule has 0 fully saturated rings. The van der Waals surface area contributed by atoms with E-state index in [2.05, 4.69) is 95.7 Å². The number of fused-ring (bicyclic) bond motifs is 2. The molecule has 0 aliphatic heterocycles. The van der Waals surface area contributed by atoms with Crippen molar-refractivity contribution >= 4 is 22.2 Å². The normalized spacial score (nSPS) is 13.6. The second-order valence-electron chi connectivity index (χ2n) is 11.9. The highest BCUT2D eigenvalue weighted by atomic mass is 14.9. The van der Waals surface area contributed by atoms with E-state index in [4.69, 9.17) is 9.97 Å². The third kappa shape index (κ3) is 3.94. The summed E-state index contributed by atoms with van der Waals surface area (Å²) in [4.78, 5) is 21.0. The Bertz CT molecular complexity index is 1260. The van der Waals surface area contributed by atoms with Crippen LogP contribution in [0.2, 0.25) is 0 Å². The number of rotatable bonds is 5. The molecular weight excluding hydrogens is 394 g/mol. The van der Waals surface area contributed by atoms with Gasteiger partial charge in [0.05, 0.1) is 11.9 Å². The maximum Gasteiger partial charge on any atom is 0.156 e. The van der Waals surface area contributed by atoms with Crippen molar-refractivity contribution in [1.29, 1.82) is 0 Å². The minimum absolute atomic E-state index is 0.0657. The summed E-state index contributed by atoms with van der Waals surface area (Å²) in [6.45, 7) is 20.3. The van der Waals surface area contributed by atoms with Crippen molar-refractivity contribution in [2.75, 3.05) is 0 Å². The van der Waals surface area contributed by atoms with E-state index >= 15 is 0 Å². The first-order valence-corrected chi connectivity index (χ1v) is 11.6. The van der Waals surface area contributed by atoms with E-state index in [1.54, 1.807) is 0 Å². The number of H-pyrrole nitrogens is 2. The van der Waals surface area contributed by atoms with Crippen LogP contribution >= 0.6 is 0 Å². The Labute approximate surface area is 191 Å². The van der Waals surface area contributed by atoms with Gasteiger partial charge in [0.15, 0.2) is 5.65 Å². The summed E-state index contributed by atoms with van der Waals surface area (Å²) in [7, 11) is 0. The molecule has 0 saturated carbocycles. The summed E-state index contributed by atoms with van der Waals surface area (Å²) in [5.41, 5.74) is 7.55. The van der Waals surface area contributed by atoms with Crippen molar-refractivity contribution < 1.29 is 0 Å². The second kappa shape index (κ2) is 7.43. The zero-order chi connectivity index (χ0) is 23.5. The van der Waals surface area contributed by atoms with E-state index in [0.29, 0.717) is 5.92 Å². The highest BCUT2D eigenvalue weighted by Gasteiger charge is 2.34. The quantitative estimate of drug-likeness (QED) is 0.361. The minimum atomic E-state index is -0.0913. The van der Waals surface area contributed by atoms with Crippen LogP contribution in [0.25, 0.3) is 22.2 Å². The minimum Gasteiger partial charge on any atom is -0.346 e. The lowest BCUT2D eigenvalue weighted by Gasteiger charge is -2.35. The molecule has 5 heteroatoms. The van der Waals surface area contributed by atoms with Crippen LogP contribution < -0.4 is 0 Å². The second-order valence-corrected chi connectivity index (χ2v) is 11.9. The van der Waals surface area contributed by atoms with Gasteiger partial charge in [-0.2, -0.15) is 0 Å². The lowest BCUT2D eigenvalue weighted by Crippen LogP contribution is -2.30. The first-order valence-electron chi connectivity index (χ1n) is 11.6. The standard InChI is InChI=1S/C27H37N5/c1-16(2)21-14-31-24-22(32-21)20(13-30-24)27(8,9)15-26(6,7)17-10-18-19(25(3,4)5)12-29-23(18)28-11-17/h10-14,16H,15H2,1-9H3,(H,28,29)(H,30,31). The Morgan fingerprint density at radius 3 is 2.09 bits per heavy atom. The number of nitrogens with zero attached hydrogens (tertiary/aromatic N) is 3. The summed E-state index contributed by atoms with van der Waals surface area (Å²) in [6, 6.07) is 2.33. The average Bonchev–Trinajstić information content (AvgIpc) is 3.30. The lowest BCUT2D eigenvalue weighted by atomic mass is 9.69. The fourth-order valence-electron chi connectivity index (χ4n) is 5.00. The number of hydrogen-bond donors (Lipinski definition) is 2. The zero-order valence-corrected chi connectivity index (χ0v) is 21.0. The van der Waals surface area contributed by atoms with Crippen molar-refractivity contribution in [2.24, 2.45) is 0 Å². The van der Waals surface area contributed by atoms with E-state index in [0.717, 1.165) is 28.9 Å². The smallest absolute Gasteiger partial charge is 0.156 e. The molecule has 0 atom stereocenters. The molecule has 0 spiro atoms. The van der Waals surface area contributed by atoms with Crippen molar-refractivity contribution in [1.82, 2.24) is 24.9 Å². The van der Waals surface area contributed by atoms with Crippen LogP contribution in [-0.2, 0) is 16.2 Å².